The second-order valence-electron chi connectivity index (χ2n) is 6.67. The molecule has 0 spiro atoms. The quantitative estimate of drug-likeness (QED) is 0.842. The SMILES string of the molecule is N#Cc1cccc(NC(=O)CN2CCN(C(=O)Cc3ccccc3Cl)CC2)c1. The van der Waals surface area contributed by atoms with Gasteiger partial charge in [0.2, 0.25) is 11.8 Å². The summed E-state index contributed by atoms with van der Waals surface area (Å²) in [6, 6.07) is 16.2. The van der Waals surface area contributed by atoms with Gasteiger partial charge >= 0.3 is 0 Å². The normalized spacial score (nSPS) is 14.4. The summed E-state index contributed by atoms with van der Waals surface area (Å²) in [7, 11) is 0. The van der Waals surface area contributed by atoms with Crippen LogP contribution in [0.3, 0.4) is 0 Å². The Hall–Kier alpha value is -2.88. The van der Waals surface area contributed by atoms with Crippen molar-refractivity contribution in [2.45, 2.75) is 6.42 Å². The highest BCUT2D eigenvalue weighted by Crippen LogP contribution is 2.17. The molecule has 0 bridgehead atoms. The molecule has 2 aromatic carbocycles. The highest BCUT2D eigenvalue weighted by molar-refractivity contribution is 6.31. The zero-order valence-electron chi connectivity index (χ0n) is 15.4. The summed E-state index contributed by atoms with van der Waals surface area (Å²) in [6.07, 6.45) is 0.287. The number of piperazine rings is 1. The van der Waals surface area contributed by atoms with E-state index in [0.717, 1.165) is 5.56 Å². The molecule has 7 heteroatoms. The molecule has 0 radical (unpaired) electrons. The predicted molar refractivity (Wildman–Crippen MR) is 108 cm³/mol. The fraction of sp³-hybridized carbons (Fsp3) is 0.286. The van der Waals surface area contributed by atoms with Crippen molar-refractivity contribution in [2.24, 2.45) is 0 Å². The average molecular weight is 397 g/mol. The van der Waals surface area contributed by atoms with Crippen molar-refractivity contribution in [3.63, 3.8) is 0 Å². The molecule has 0 atom stereocenters. The lowest BCUT2D eigenvalue weighted by Crippen LogP contribution is -2.50. The standard InChI is InChI=1S/C21H21ClN4O2/c22-19-7-2-1-5-17(19)13-21(28)26-10-8-25(9-11-26)15-20(27)24-18-6-3-4-16(12-18)14-23/h1-7,12H,8-11,13,15H2,(H,24,27). The van der Waals surface area contributed by atoms with Crippen molar-refractivity contribution in [2.75, 3.05) is 38.0 Å². The van der Waals surface area contributed by atoms with E-state index >= 15 is 0 Å². The van der Waals surface area contributed by atoms with Crippen LogP contribution in [0.2, 0.25) is 5.02 Å². The number of anilines is 1. The van der Waals surface area contributed by atoms with E-state index in [4.69, 9.17) is 16.9 Å². The van der Waals surface area contributed by atoms with Gasteiger partial charge in [0.15, 0.2) is 0 Å². The minimum atomic E-state index is -0.133. The topological polar surface area (TPSA) is 76.4 Å². The van der Waals surface area contributed by atoms with Gasteiger partial charge in [-0.3, -0.25) is 14.5 Å². The maximum absolute atomic E-state index is 12.5. The fourth-order valence-electron chi connectivity index (χ4n) is 3.14. The van der Waals surface area contributed by atoms with Crippen LogP contribution in [0.4, 0.5) is 5.69 Å². The first-order valence-electron chi connectivity index (χ1n) is 9.08. The molecule has 6 nitrogen and oxygen atoms in total. The van der Waals surface area contributed by atoms with Crippen LogP contribution in [0.5, 0.6) is 0 Å². The molecule has 1 aliphatic heterocycles. The van der Waals surface area contributed by atoms with Crippen molar-refractivity contribution < 1.29 is 9.59 Å². The van der Waals surface area contributed by atoms with Crippen molar-refractivity contribution in [1.82, 2.24) is 9.80 Å². The molecular weight excluding hydrogens is 376 g/mol. The minimum Gasteiger partial charge on any atom is -0.340 e. The zero-order valence-corrected chi connectivity index (χ0v) is 16.2. The number of amides is 2. The summed E-state index contributed by atoms with van der Waals surface area (Å²) in [6.45, 7) is 2.70. The zero-order chi connectivity index (χ0) is 19.9. The largest absolute Gasteiger partial charge is 0.340 e. The van der Waals surface area contributed by atoms with Gasteiger partial charge in [-0.2, -0.15) is 5.26 Å². The molecule has 1 N–H and O–H groups in total. The van der Waals surface area contributed by atoms with Crippen molar-refractivity contribution in [3.05, 3.63) is 64.7 Å². The van der Waals surface area contributed by atoms with Gasteiger partial charge in [0.1, 0.15) is 0 Å². The summed E-state index contributed by atoms with van der Waals surface area (Å²) < 4.78 is 0. The molecule has 0 unspecified atom stereocenters. The fourth-order valence-corrected chi connectivity index (χ4v) is 3.34. The first kappa shape index (κ1) is 19.9. The Morgan fingerprint density at radius 1 is 1.07 bits per heavy atom. The van der Waals surface area contributed by atoms with E-state index in [1.165, 1.54) is 0 Å². The van der Waals surface area contributed by atoms with E-state index in [0.29, 0.717) is 42.5 Å². The first-order valence-corrected chi connectivity index (χ1v) is 9.46. The van der Waals surface area contributed by atoms with Crippen LogP contribution < -0.4 is 5.32 Å². The molecule has 144 valence electrons. The first-order chi connectivity index (χ1) is 13.5. The maximum Gasteiger partial charge on any atom is 0.238 e. The number of hydrogen-bond donors (Lipinski definition) is 1. The highest BCUT2D eigenvalue weighted by atomic mass is 35.5. The molecule has 2 amide bonds. The van der Waals surface area contributed by atoms with Gasteiger partial charge in [-0.05, 0) is 29.8 Å². The summed E-state index contributed by atoms with van der Waals surface area (Å²) in [4.78, 5) is 28.6. The Balaban J connectivity index is 1.46. The van der Waals surface area contributed by atoms with Crippen LogP contribution in [-0.4, -0.2) is 54.3 Å². The molecule has 1 heterocycles. The third-order valence-electron chi connectivity index (χ3n) is 4.67. The van der Waals surface area contributed by atoms with Gasteiger partial charge in [0, 0.05) is 36.9 Å². The lowest BCUT2D eigenvalue weighted by molar-refractivity contribution is -0.132. The number of carbonyl (C=O) groups excluding carboxylic acids is 2. The van der Waals surface area contributed by atoms with Crippen molar-refractivity contribution in [3.8, 4) is 6.07 Å². The highest BCUT2D eigenvalue weighted by Gasteiger charge is 2.23. The van der Waals surface area contributed by atoms with Crippen LogP contribution in [0.25, 0.3) is 0 Å². The third-order valence-corrected chi connectivity index (χ3v) is 5.04. The number of halogens is 1. The number of benzene rings is 2. The monoisotopic (exact) mass is 396 g/mol. The molecular formula is C21H21ClN4O2. The summed E-state index contributed by atoms with van der Waals surface area (Å²) in [5.74, 6) is -0.0866. The lowest BCUT2D eigenvalue weighted by Gasteiger charge is -2.34. The minimum absolute atomic E-state index is 0.0468. The smallest absolute Gasteiger partial charge is 0.238 e. The van der Waals surface area contributed by atoms with Crippen molar-refractivity contribution >= 4 is 29.1 Å². The van der Waals surface area contributed by atoms with Gasteiger partial charge in [-0.1, -0.05) is 35.9 Å². The Kier molecular flexibility index (Phi) is 6.64. The van der Waals surface area contributed by atoms with Gasteiger partial charge in [0.25, 0.3) is 0 Å². The molecule has 28 heavy (non-hydrogen) atoms. The predicted octanol–water partition coefficient (Wildman–Crippen LogP) is 2.54. The average Bonchev–Trinajstić information content (AvgIpc) is 2.70. The molecule has 0 aliphatic carbocycles. The van der Waals surface area contributed by atoms with Crippen LogP contribution in [0.15, 0.2) is 48.5 Å². The number of hydrogen-bond acceptors (Lipinski definition) is 4. The van der Waals surface area contributed by atoms with Gasteiger partial charge < -0.3 is 10.2 Å². The number of nitrogens with zero attached hydrogens (tertiary/aromatic N) is 3. The Morgan fingerprint density at radius 3 is 2.54 bits per heavy atom. The van der Waals surface area contributed by atoms with E-state index in [1.807, 2.05) is 28.0 Å². The molecule has 3 rings (SSSR count). The van der Waals surface area contributed by atoms with Crippen LogP contribution in [0, 0.1) is 11.3 Å². The summed E-state index contributed by atoms with van der Waals surface area (Å²) in [5, 5.41) is 12.3. The Morgan fingerprint density at radius 2 is 1.82 bits per heavy atom. The van der Waals surface area contributed by atoms with E-state index in [1.54, 1.807) is 30.3 Å². The van der Waals surface area contributed by atoms with Gasteiger partial charge in [0.05, 0.1) is 24.6 Å². The van der Waals surface area contributed by atoms with Gasteiger partial charge in [-0.25, -0.2) is 0 Å². The molecule has 1 aliphatic rings. The number of nitrogens with one attached hydrogen (secondary N) is 1. The van der Waals surface area contributed by atoms with E-state index in [-0.39, 0.29) is 24.8 Å². The number of nitriles is 1. The van der Waals surface area contributed by atoms with Crippen LogP contribution in [-0.2, 0) is 16.0 Å². The van der Waals surface area contributed by atoms with Crippen LogP contribution in [0.1, 0.15) is 11.1 Å². The van der Waals surface area contributed by atoms with Crippen LogP contribution >= 0.6 is 11.6 Å². The van der Waals surface area contributed by atoms with E-state index in [2.05, 4.69) is 11.4 Å². The second-order valence-corrected chi connectivity index (χ2v) is 7.07. The molecule has 2 aromatic rings. The molecule has 1 fully saturated rings. The Labute approximate surface area is 169 Å². The molecule has 0 saturated carbocycles. The molecule has 1 saturated heterocycles. The third kappa shape index (κ3) is 5.32. The Bertz CT molecular complexity index is 901. The summed E-state index contributed by atoms with van der Waals surface area (Å²) >= 11 is 6.13. The van der Waals surface area contributed by atoms with E-state index in [9.17, 15) is 9.59 Å². The van der Waals surface area contributed by atoms with Gasteiger partial charge in [-0.15, -0.1) is 0 Å². The number of carbonyl (C=O) groups is 2. The molecule has 0 aromatic heterocycles. The second kappa shape index (κ2) is 9.36. The maximum atomic E-state index is 12.5. The van der Waals surface area contributed by atoms with Crippen molar-refractivity contribution in [1.29, 1.82) is 5.26 Å². The summed E-state index contributed by atoms with van der Waals surface area (Å²) in [5.41, 5.74) is 1.94. The lowest BCUT2D eigenvalue weighted by atomic mass is 10.1. The number of rotatable bonds is 5. The van der Waals surface area contributed by atoms with E-state index < -0.39 is 0 Å².